The Morgan fingerprint density at radius 3 is 2.62 bits per heavy atom. The van der Waals surface area contributed by atoms with Crippen molar-refractivity contribution < 1.29 is 13.9 Å². The molecule has 170 valence electrons. The van der Waals surface area contributed by atoms with Crippen molar-refractivity contribution in [2.24, 2.45) is 4.99 Å². The van der Waals surface area contributed by atoms with E-state index in [0.29, 0.717) is 19.0 Å². The summed E-state index contributed by atoms with van der Waals surface area (Å²) in [5.41, 5.74) is 4.21. The molecule has 0 radical (unpaired) electrons. The minimum Gasteiger partial charge on any atom is -0.493 e. The third-order valence-electron chi connectivity index (χ3n) is 4.97. The number of nitrogens with zero attached hydrogens (tertiary/aromatic N) is 2. The summed E-state index contributed by atoms with van der Waals surface area (Å²) in [7, 11) is 3.41. The summed E-state index contributed by atoms with van der Waals surface area (Å²) in [6.45, 7) is 5.97. The van der Waals surface area contributed by atoms with Crippen LogP contribution >= 0.6 is 0 Å². The largest absolute Gasteiger partial charge is 0.493 e. The molecule has 32 heavy (non-hydrogen) atoms. The van der Waals surface area contributed by atoms with E-state index in [1.165, 1.54) is 11.1 Å². The topological polar surface area (TPSA) is 80.9 Å². The Hall–Kier alpha value is -3.48. The van der Waals surface area contributed by atoms with E-state index >= 15 is 0 Å². The molecule has 0 saturated carbocycles. The molecule has 7 heteroatoms. The van der Waals surface area contributed by atoms with Gasteiger partial charge in [-0.3, -0.25) is 4.99 Å². The molecule has 7 nitrogen and oxygen atoms in total. The highest BCUT2D eigenvalue weighted by molar-refractivity contribution is 5.79. The molecule has 3 aromatic rings. The van der Waals surface area contributed by atoms with Gasteiger partial charge in [0.05, 0.1) is 26.0 Å². The van der Waals surface area contributed by atoms with Crippen molar-refractivity contribution in [1.29, 1.82) is 0 Å². The highest BCUT2D eigenvalue weighted by atomic mass is 16.5. The maximum Gasteiger partial charge on any atom is 0.226 e. The highest BCUT2D eigenvalue weighted by Crippen LogP contribution is 2.28. The van der Waals surface area contributed by atoms with Crippen molar-refractivity contribution in [2.45, 2.75) is 33.2 Å². The quantitative estimate of drug-likeness (QED) is 0.279. The minimum atomic E-state index is 0.533. The summed E-state index contributed by atoms with van der Waals surface area (Å²) in [6, 6.07) is 14.2. The van der Waals surface area contributed by atoms with Crippen LogP contribution in [0.2, 0.25) is 0 Å². The van der Waals surface area contributed by atoms with Gasteiger partial charge in [-0.2, -0.15) is 0 Å². The van der Waals surface area contributed by atoms with Crippen LogP contribution in [-0.2, 0) is 13.0 Å². The Labute approximate surface area is 189 Å². The number of nitrogens with one attached hydrogen (secondary N) is 2. The fraction of sp³-hybridized carbons (Fsp3) is 0.360. The summed E-state index contributed by atoms with van der Waals surface area (Å²) in [6.07, 6.45) is 3.56. The number of hydrogen-bond donors (Lipinski definition) is 2. The Morgan fingerprint density at radius 1 is 1.09 bits per heavy atom. The molecular formula is C25H32N4O3. The van der Waals surface area contributed by atoms with Gasteiger partial charge in [-0.25, -0.2) is 4.98 Å². The van der Waals surface area contributed by atoms with Gasteiger partial charge in [-0.15, -0.1) is 0 Å². The van der Waals surface area contributed by atoms with Crippen molar-refractivity contribution in [3.05, 3.63) is 65.5 Å². The molecule has 1 heterocycles. The molecule has 0 saturated heterocycles. The van der Waals surface area contributed by atoms with Crippen LogP contribution in [-0.4, -0.2) is 38.3 Å². The molecule has 1 aromatic heterocycles. The van der Waals surface area contributed by atoms with Crippen LogP contribution in [0.5, 0.6) is 11.5 Å². The van der Waals surface area contributed by atoms with Gasteiger partial charge in [-0.1, -0.05) is 23.8 Å². The number of methoxy groups -OCH3 is 1. The molecule has 0 atom stereocenters. The summed E-state index contributed by atoms with van der Waals surface area (Å²) in [5, 5.41) is 6.62. The lowest BCUT2D eigenvalue weighted by atomic mass is 10.1. The van der Waals surface area contributed by atoms with E-state index in [1.807, 2.05) is 43.3 Å². The molecule has 0 bridgehead atoms. The molecule has 0 spiro atoms. The zero-order valence-electron chi connectivity index (χ0n) is 19.3. The Balaban J connectivity index is 1.44. The maximum absolute atomic E-state index is 5.66. The zero-order valence-corrected chi connectivity index (χ0v) is 19.3. The van der Waals surface area contributed by atoms with E-state index in [-0.39, 0.29) is 0 Å². The normalized spacial score (nSPS) is 11.3. The summed E-state index contributed by atoms with van der Waals surface area (Å²) >= 11 is 0. The molecule has 2 aromatic carbocycles. The van der Waals surface area contributed by atoms with Crippen molar-refractivity contribution >= 4 is 5.96 Å². The number of guanidine groups is 1. The first kappa shape index (κ1) is 23.2. The molecule has 0 amide bonds. The summed E-state index contributed by atoms with van der Waals surface area (Å²) in [4.78, 5) is 8.84. The number of aliphatic imine (C=N–C) groups is 1. The average molecular weight is 437 g/mol. The Bertz CT molecular complexity index is 1010. The third kappa shape index (κ3) is 6.51. The molecule has 0 unspecified atom stereocenters. The number of benzene rings is 2. The number of oxazole rings is 1. The third-order valence-corrected chi connectivity index (χ3v) is 4.97. The number of aryl methyl sites for hydroxylation is 2. The van der Waals surface area contributed by atoms with Crippen LogP contribution in [0, 0.1) is 6.92 Å². The van der Waals surface area contributed by atoms with E-state index < -0.39 is 0 Å². The maximum atomic E-state index is 5.66. The molecule has 0 aliphatic heterocycles. The lowest BCUT2D eigenvalue weighted by molar-refractivity contribution is 0.310. The second kappa shape index (κ2) is 11.8. The van der Waals surface area contributed by atoms with Crippen molar-refractivity contribution in [2.75, 3.05) is 27.3 Å². The van der Waals surface area contributed by atoms with Crippen LogP contribution in [0.25, 0.3) is 11.5 Å². The summed E-state index contributed by atoms with van der Waals surface area (Å²) < 4.78 is 16.6. The van der Waals surface area contributed by atoms with Crippen LogP contribution < -0.4 is 20.1 Å². The predicted octanol–water partition coefficient (Wildman–Crippen LogP) is 4.36. The molecular weight excluding hydrogens is 404 g/mol. The van der Waals surface area contributed by atoms with Gasteiger partial charge in [0.1, 0.15) is 6.26 Å². The number of aromatic nitrogens is 1. The highest BCUT2D eigenvalue weighted by Gasteiger charge is 2.08. The van der Waals surface area contributed by atoms with Crippen molar-refractivity contribution in [1.82, 2.24) is 15.6 Å². The van der Waals surface area contributed by atoms with E-state index in [0.717, 1.165) is 48.1 Å². The first-order valence-corrected chi connectivity index (χ1v) is 10.9. The van der Waals surface area contributed by atoms with E-state index in [1.54, 1.807) is 20.4 Å². The van der Waals surface area contributed by atoms with E-state index in [9.17, 15) is 0 Å². The molecule has 2 N–H and O–H groups in total. The predicted molar refractivity (Wildman–Crippen MR) is 127 cm³/mol. The van der Waals surface area contributed by atoms with Gasteiger partial charge in [0.15, 0.2) is 17.5 Å². The Kier molecular flexibility index (Phi) is 8.54. The smallest absolute Gasteiger partial charge is 0.226 e. The monoisotopic (exact) mass is 436 g/mol. The van der Waals surface area contributed by atoms with E-state index in [4.69, 9.17) is 13.9 Å². The molecule has 3 rings (SSSR count). The number of ether oxygens (including phenoxy) is 2. The summed E-state index contributed by atoms with van der Waals surface area (Å²) in [5.74, 6) is 2.90. The average Bonchev–Trinajstić information content (AvgIpc) is 3.28. The van der Waals surface area contributed by atoms with Crippen LogP contribution in [0.4, 0.5) is 0 Å². The standard InChI is InChI=1S/C25H32N4O3/c1-5-31-23-15-19(10-13-22(23)30-4)7-6-14-27-25(26-3)28-16-21-17-32-24(29-21)20-11-8-18(2)9-12-20/h8-13,15,17H,5-7,14,16H2,1-4H3,(H2,26,27,28). The molecule has 0 aliphatic rings. The van der Waals surface area contributed by atoms with Gasteiger partial charge < -0.3 is 24.5 Å². The van der Waals surface area contributed by atoms with Gasteiger partial charge in [0, 0.05) is 19.2 Å². The molecule has 0 fully saturated rings. The van der Waals surface area contributed by atoms with Gasteiger partial charge in [0.25, 0.3) is 0 Å². The number of rotatable bonds is 10. The zero-order chi connectivity index (χ0) is 22.8. The van der Waals surface area contributed by atoms with Gasteiger partial charge >= 0.3 is 0 Å². The SMILES string of the molecule is CCOc1cc(CCCNC(=NC)NCc2coc(-c3ccc(C)cc3)n2)ccc1OC. The molecule has 0 aliphatic carbocycles. The minimum absolute atomic E-state index is 0.533. The van der Waals surface area contributed by atoms with Crippen LogP contribution in [0.15, 0.2) is 58.1 Å². The van der Waals surface area contributed by atoms with Crippen LogP contribution in [0.3, 0.4) is 0 Å². The number of hydrogen-bond acceptors (Lipinski definition) is 5. The first-order valence-electron chi connectivity index (χ1n) is 10.9. The fourth-order valence-electron chi connectivity index (χ4n) is 3.26. The van der Waals surface area contributed by atoms with Crippen LogP contribution in [0.1, 0.15) is 30.2 Å². The second-order valence-electron chi connectivity index (χ2n) is 7.38. The van der Waals surface area contributed by atoms with Gasteiger partial charge in [0.2, 0.25) is 5.89 Å². The van der Waals surface area contributed by atoms with E-state index in [2.05, 4.69) is 33.6 Å². The van der Waals surface area contributed by atoms with Crippen molar-refractivity contribution in [3.63, 3.8) is 0 Å². The lowest BCUT2D eigenvalue weighted by Gasteiger charge is -2.12. The first-order chi connectivity index (χ1) is 15.6. The second-order valence-corrected chi connectivity index (χ2v) is 7.38. The lowest BCUT2D eigenvalue weighted by Crippen LogP contribution is -2.37. The van der Waals surface area contributed by atoms with Gasteiger partial charge in [-0.05, 0) is 56.5 Å². The van der Waals surface area contributed by atoms with Crippen molar-refractivity contribution in [3.8, 4) is 23.0 Å². The fourth-order valence-corrected chi connectivity index (χ4v) is 3.26. The Morgan fingerprint density at radius 2 is 1.91 bits per heavy atom.